The lowest BCUT2D eigenvalue weighted by atomic mass is 9.98. The molecule has 2 unspecified atom stereocenters. The SMILES string of the molecule is CC(=O)S[C@H](Cc1ccccc1)C(=O)NC1Cc2ccccc2C2CSCCN2C1=O. The van der Waals surface area contributed by atoms with Gasteiger partial charge in [-0.2, -0.15) is 11.8 Å². The van der Waals surface area contributed by atoms with E-state index >= 15 is 0 Å². The van der Waals surface area contributed by atoms with Crippen molar-refractivity contribution in [1.82, 2.24) is 10.2 Å². The van der Waals surface area contributed by atoms with Crippen molar-refractivity contribution in [2.45, 2.75) is 37.1 Å². The molecule has 0 aliphatic carbocycles. The number of carbonyl (C=O) groups excluding carboxylic acids is 3. The number of thioether (sulfide) groups is 2. The highest BCUT2D eigenvalue weighted by Crippen LogP contribution is 2.35. The zero-order valence-corrected chi connectivity index (χ0v) is 19.1. The normalized spacial score (nSPS) is 21.5. The van der Waals surface area contributed by atoms with Crippen LogP contribution in [0.4, 0.5) is 0 Å². The Morgan fingerprint density at radius 3 is 2.68 bits per heavy atom. The van der Waals surface area contributed by atoms with Crippen LogP contribution in [-0.4, -0.2) is 51.2 Å². The van der Waals surface area contributed by atoms with Crippen molar-refractivity contribution in [2.75, 3.05) is 18.1 Å². The first-order valence-corrected chi connectivity index (χ1v) is 12.5. The highest BCUT2D eigenvalue weighted by molar-refractivity contribution is 8.14. The van der Waals surface area contributed by atoms with Gasteiger partial charge >= 0.3 is 0 Å². The van der Waals surface area contributed by atoms with Gasteiger partial charge in [0.2, 0.25) is 11.8 Å². The second kappa shape index (κ2) is 9.92. The van der Waals surface area contributed by atoms with Crippen molar-refractivity contribution in [3.05, 3.63) is 71.3 Å². The standard InChI is InChI=1S/C24H26N2O3S2/c1-16(27)31-22(13-17-7-3-2-4-8-17)23(28)25-20-14-18-9-5-6-10-19(18)21-15-30-12-11-26(21)24(20)29/h2-10,20-22H,11-15H2,1H3,(H,25,28)/t20?,21?,22-/m1/s1. The molecule has 31 heavy (non-hydrogen) atoms. The van der Waals surface area contributed by atoms with Crippen LogP contribution >= 0.6 is 23.5 Å². The Morgan fingerprint density at radius 1 is 1.16 bits per heavy atom. The first-order valence-electron chi connectivity index (χ1n) is 10.5. The minimum atomic E-state index is -0.618. The molecule has 1 N–H and O–H groups in total. The summed E-state index contributed by atoms with van der Waals surface area (Å²) in [6, 6.07) is 17.2. The molecule has 3 atom stereocenters. The third-order valence-corrected chi connectivity index (χ3v) is 7.75. The fraction of sp³-hybridized carbons (Fsp3) is 0.375. The van der Waals surface area contributed by atoms with E-state index in [1.54, 1.807) is 0 Å². The molecule has 1 fully saturated rings. The highest BCUT2D eigenvalue weighted by Gasteiger charge is 2.38. The summed E-state index contributed by atoms with van der Waals surface area (Å²) in [7, 11) is 0. The van der Waals surface area contributed by atoms with E-state index in [-0.39, 0.29) is 23.0 Å². The summed E-state index contributed by atoms with van der Waals surface area (Å²) in [6.07, 6.45) is 0.915. The van der Waals surface area contributed by atoms with E-state index < -0.39 is 11.3 Å². The van der Waals surface area contributed by atoms with Gasteiger partial charge in [0.25, 0.3) is 0 Å². The average Bonchev–Trinajstić information content (AvgIpc) is 2.89. The monoisotopic (exact) mass is 454 g/mol. The molecule has 2 heterocycles. The van der Waals surface area contributed by atoms with Gasteiger partial charge in [0, 0.05) is 31.4 Å². The van der Waals surface area contributed by atoms with E-state index in [0.717, 1.165) is 34.4 Å². The van der Waals surface area contributed by atoms with E-state index in [1.165, 1.54) is 12.5 Å². The topological polar surface area (TPSA) is 66.5 Å². The molecule has 1 saturated heterocycles. The maximum Gasteiger partial charge on any atom is 0.246 e. The zero-order valence-electron chi connectivity index (χ0n) is 17.5. The number of nitrogens with zero attached hydrogens (tertiary/aromatic N) is 1. The quantitative estimate of drug-likeness (QED) is 0.751. The lowest BCUT2D eigenvalue weighted by molar-refractivity contribution is -0.137. The summed E-state index contributed by atoms with van der Waals surface area (Å²) in [5.74, 6) is 1.49. The predicted molar refractivity (Wildman–Crippen MR) is 126 cm³/mol. The van der Waals surface area contributed by atoms with Crippen LogP contribution in [0.3, 0.4) is 0 Å². The van der Waals surface area contributed by atoms with Gasteiger partial charge in [-0.1, -0.05) is 66.4 Å². The molecule has 162 valence electrons. The number of hydrogen-bond acceptors (Lipinski definition) is 5. The zero-order chi connectivity index (χ0) is 21.8. The highest BCUT2D eigenvalue weighted by atomic mass is 32.2. The third-order valence-electron chi connectivity index (χ3n) is 5.73. The molecule has 5 nitrogen and oxygen atoms in total. The second-order valence-electron chi connectivity index (χ2n) is 7.87. The second-order valence-corrected chi connectivity index (χ2v) is 10.4. The van der Waals surface area contributed by atoms with Gasteiger partial charge in [-0.05, 0) is 23.1 Å². The van der Waals surface area contributed by atoms with Gasteiger partial charge in [-0.25, -0.2) is 0 Å². The van der Waals surface area contributed by atoms with Gasteiger partial charge in [0.05, 0.1) is 11.3 Å². The van der Waals surface area contributed by atoms with Crippen LogP contribution in [0.2, 0.25) is 0 Å². The molecule has 0 radical (unpaired) electrons. The first kappa shape index (κ1) is 22.0. The molecule has 2 aliphatic rings. The maximum absolute atomic E-state index is 13.4. The Morgan fingerprint density at radius 2 is 1.90 bits per heavy atom. The minimum absolute atomic E-state index is 0.0267. The lowest BCUT2D eigenvalue weighted by Gasteiger charge is -2.36. The molecule has 0 spiro atoms. The van der Waals surface area contributed by atoms with Crippen LogP contribution in [0.1, 0.15) is 29.7 Å². The number of nitrogens with one attached hydrogen (secondary N) is 1. The number of benzene rings is 2. The van der Waals surface area contributed by atoms with Gasteiger partial charge in [-0.3, -0.25) is 14.4 Å². The molecule has 2 aromatic carbocycles. The number of amides is 2. The molecule has 4 rings (SSSR count). The van der Waals surface area contributed by atoms with Crippen LogP contribution in [0.15, 0.2) is 54.6 Å². The van der Waals surface area contributed by atoms with Crippen LogP contribution in [0.5, 0.6) is 0 Å². The number of carbonyl (C=O) groups is 3. The van der Waals surface area contributed by atoms with Crippen LogP contribution in [-0.2, 0) is 27.2 Å². The Balaban J connectivity index is 1.56. The average molecular weight is 455 g/mol. The van der Waals surface area contributed by atoms with Crippen molar-refractivity contribution in [2.24, 2.45) is 0 Å². The molecule has 0 bridgehead atoms. The predicted octanol–water partition coefficient (Wildman–Crippen LogP) is 3.24. The van der Waals surface area contributed by atoms with Gasteiger partial charge in [-0.15, -0.1) is 0 Å². The maximum atomic E-state index is 13.4. The van der Waals surface area contributed by atoms with Gasteiger partial charge in [0.1, 0.15) is 6.04 Å². The van der Waals surface area contributed by atoms with Crippen LogP contribution in [0.25, 0.3) is 0 Å². The van der Waals surface area contributed by atoms with Crippen molar-refractivity contribution in [3.63, 3.8) is 0 Å². The van der Waals surface area contributed by atoms with E-state index in [1.807, 2.05) is 59.1 Å². The minimum Gasteiger partial charge on any atom is -0.343 e. The number of fused-ring (bicyclic) bond motifs is 3. The van der Waals surface area contributed by atoms with Gasteiger partial charge < -0.3 is 10.2 Å². The van der Waals surface area contributed by atoms with E-state index in [0.29, 0.717) is 19.4 Å². The number of hydrogen-bond donors (Lipinski definition) is 1. The number of rotatable bonds is 5. The van der Waals surface area contributed by atoms with Crippen LogP contribution in [0, 0.1) is 0 Å². The van der Waals surface area contributed by atoms with Crippen molar-refractivity contribution < 1.29 is 14.4 Å². The molecule has 2 amide bonds. The van der Waals surface area contributed by atoms with E-state index in [2.05, 4.69) is 17.4 Å². The summed E-state index contributed by atoms with van der Waals surface area (Å²) < 4.78 is 0. The van der Waals surface area contributed by atoms with Gasteiger partial charge in [0.15, 0.2) is 5.12 Å². The molecule has 7 heteroatoms. The summed E-state index contributed by atoms with van der Waals surface area (Å²) in [4.78, 5) is 40.4. The van der Waals surface area contributed by atoms with E-state index in [4.69, 9.17) is 0 Å². The smallest absolute Gasteiger partial charge is 0.246 e. The molecule has 0 aromatic heterocycles. The fourth-order valence-corrected chi connectivity index (χ4v) is 6.20. The molecular weight excluding hydrogens is 428 g/mol. The van der Waals surface area contributed by atoms with Crippen LogP contribution < -0.4 is 5.32 Å². The Hall–Kier alpha value is -2.25. The summed E-state index contributed by atoms with van der Waals surface area (Å²) in [5, 5.41) is 2.32. The summed E-state index contributed by atoms with van der Waals surface area (Å²) in [5.41, 5.74) is 3.27. The summed E-state index contributed by atoms with van der Waals surface area (Å²) >= 11 is 2.89. The molecular formula is C24H26N2O3S2. The largest absolute Gasteiger partial charge is 0.343 e. The molecule has 0 saturated carbocycles. The first-order chi connectivity index (χ1) is 15.0. The fourth-order valence-electron chi connectivity index (χ4n) is 4.27. The van der Waals surface area contributed by atoms with Crippen molar-refractivity contribution in [3.8, 4) is 0 Å². The molecule has 2 aliphatic heterocycles. The Bertz CT molecular complexity index is 966. The third kappa shape index (κ3) is 5.15. The van der Waals surface area contributed by atoms with E-state index in [9.17, 15) is 14.4 Å². The van der Waals surface area contributed by atoms with Crippen molar-refractivity contribution in [1.29, 1.82) is 0 Å². The lowest BCUT2D eigenvalue weighted by Crippen LogP contribution is -2.52. The summed E-state index contributed by atoms with van der Waals surface area (Å²) in [6.45, 7) is 2.16. The molecule has 2 aromatic rings. The Kier molecular flexibility index (Phi) is 7.02. The van der Waals surface area contributed by atoms with Crippen molar-refractivity contribution >= 4 is 40.5 Å². The Labute approximate surface area is 191 Å².